The van der Waals surface area contributed by atoms with Gasteiger partial charge in [0.1, 0.15) is 5.82 Å². The third-order valence-electron chi connectivity index (χ3n) is 2.88. The number of nitrogens with zero attached hydrogens (tertiary/aromatic N) is 1. The van der Waals surface area contributed by atoms with Gasteiger partial charge >= 0.3 is 0 Å². The summed E-state index contributed by atoms with van der Waals surface area (Å²) in [6.45, 7) is 2.12. The van der Waals surface area contributed by atoms with Crippen LogP contribution in [0.1, 0.15) is 18.5 Å². The topological polar surface area (TPSA) is 54.0 Å². The van der Waals surface area contributed by atoms with Crippen molar-refractivity contribution in [1.82, 2.24) is 10.3 Å². The molecular formula is C15H16FN3O. The summed E-state index contributed by atoms with van der Waals surface area (Å²) < 4.78 is 13.0. The minimum Gasteiger partial charge on any atom is -0.325 e. The van der Waals surface area contributed by atoms with Crippen LogP contribution in [0.3, 0.4) is 0 Å². The molecule has 1 aromatic heterocycles. The van der Waals surface area contributed by atoms with Gasteiger partial charge in [-0.05, 0) is 42.8 Å². The molecule has 0 aliphatic rings. The minimum atomic E-state index is -0.374. The first-order valence-electron chi connectivity index (χ1n) is 6.34. The maximum absolute atomic E-state index is 13.0. The number of halogens is 1. The van der Waals surface area contributed by atoms with Crippen LogP contribution in [0, 0.1) is 5.82 Å². The summed E-state index contributed by atoms with van der Waals surface area (Å²) >= 11 is 0. The summed E-state index contributed by atoms with van der Waals surface area (Å²) in [6.07, 6.45) is 3.42. The summed E-state index contributed by atoms with van der Waals surface area (Å²) in [6, 6.07) is 9.63. The van der Waals surface area contributed by atoms with Crippen molar-refractivity contribution in [3.05, 3.63) is 60.2 Å². The molecule has 0 radical (unpaired) electrons. The molecule has 0 unspecified atom stereocenters. The van der Waals surface area contributed by atoms with E-state index in [1.54, 1.807) is 24.5 Å². The first-order chi connectivity index (χ1) is 9.65. The number of pyridine rings is 1. The fourth-order valence-corrected chi connectivity index (χ4v) is 1.79. The van der Waals surface area contributed by atoms with E-state index >= 15 is 0 Å². The SMILES string of the molecule is C[C@H](NCC(=O)Nc1cccc(F)c1)c1ccncc1. The summed E-state index contributed by atoms with van der Waals surface area (Å²) in [5.74, 6) is -0.586. The molecule has 0 saturated heterocycles. The number of amides is 1. The largest absolute Gasteiger partial charge is 0.325 e. The quantitative estimate of drug-likeness (QED) is 0.880. The number of anilines is 1. The third kappa shape index (κ3) is 4.13. The molecule has 0 aliphatic carbocycles. The van der Waals surface area contributed by atoms with Gasteiger partial charge in [-0.15, -0.1) is 0 Å². The van der Waals surface area contributed by atoms with Gasteiger partial charge in [-0.2, -0.15) is 0 Å². The van der Waals surface area contributed by atoms with Crippen LogP contribution in [0.15, 0.2) is 48.8 Å². The van der Waals surface area contributed by atoms with Crippen molar-refractivity contribution < 1.29 is 9.18 Å². The molecule has 0 spiro atoms. The first kappa shape index (κ1) is 14.1. The van der Waals surface area contributed by atoms with Crippen LogP contribution in [0.4, 0.5) is 10.1 Å². The Hall–Kier alpha value is -2.27. The molecule has 1 aromatic carbocycles. The lowest BCUT2D eigenvalue weighted by atomic mass is 10.1. The molecule has 20 heavy (non-hydrogen) atoms. The average Bonchev–Trinajstić information content (AvgIpc) is 2.46. The van der Waals surface area contributed by atoms with Gasteiger partial charge in [0.15, 0.2) is 0 Å². The highest BCUT2D eigenvalue weighted by atomic mass is 19.1. The molecule has 1 heterocycles. The van der Waals surface area contributed by atoms with E-state index in [9.17, 15) is 9.18 Å². The van der Waals surface area contributed by atoms with Gasteiger partial charge in [0.2, 0.25) is 5.91 Å². The van der Waals surface area contributed by atoms with Crippen LogP contribution in [-0.2, 0) is 4.79 Å². The van der Waals surface area contributed by atoms with E-state index in [-0.39, 0.29) is 24.3 Å². The number of nitrogens with one attached hydrogen (secondary N) is 2. The molecule has 5 heteroatoms. The molecule has 0 fully saturated rings. The molecule has 1 amide bonds. The summed E-state index contributed by atoms with van der Waals surface area (Å²) in [7, 11) is 0. The van der Waals surface area contributed by atoms with Crippen LogP contribution in [0.25, 0.3) is 0 Å². The monoisotopic (exact) mass is 273 g/mol. The molecule has 2 N–H and O–H groups in total. The minimum absolute atomic E-state index is 0.0382. The highest BCUT2D eigenvalue weighted by Gasteiger charge is 2.07. The Bertz CT molecular complexity index is 574. The van der Waals surface area contributed by atoms with Crippen LogP contribution >= 0.6 is 0 Å². The van der Waals surface area contributed by atoms with E-state index in [0.29, 0.717) is 5.69 Å². The summed E-state index contributed by atoms with van der Waals surface area (Å²) in [5.41, 5.74) is 1.51. The summed E-state index contributed by atoms with van der Waals surface area (Å²) in [5, 5.41) is 5.74. The maximum atomic E-state index is 13.0. The highest BCUT2D eigenvalue weighted by Crippen LogP contribution is 2.11. The van der Waals surface area contributed by atoms with Gasteiger partial charge in [-0.1, -0.05) is 6.07 Å². The Labute approximate surface area is 117 Å². The predicted molar refractivity (Wildman–Crippen MR) is 75.7 cm³/mol. The Morgan fingerprint density at radius 3 is 2.75 bits per heavy atom. The second kappa shape index (κ2) is 6.77. The highest BCUT2D eigenvalue weighted by molar-refractivity contribution is 5.92. The average molecular weight is 273 g/mol. The fraction of sp³-hybridized carbons (Fsp3) is 0.200. The molecule has 1 atom stereocenters. The normalized spacial score (nSPS) is 11.9. The smallest absolute Gasteiger partial charge is 0.238 e. The Kier molecular flexibility index (Phi) is 4.79. The maximum Gasteiger partial charge on any atom is 0.238 e. The molecule has 0 saturated carbocycles. The number of hydrogen-bond donors (Lipinski definition) is 2. The van der Waals surface area contributed by atoms with Crippen LogP contribution in [0.2, 0.25) is 0 Å². The predicted octanol–water partition coefficient (Wildman–Crippen LogP) is 2.51. The molecule has 104 valence electrons. The van der Waals surface area contributed by atoms with Crippen LogP contribution in [-0.4, -0.2) is 17.4 Å². The number of hydrogen-bond acceptors (Lipinski definition) is 3. The lowest BCUT2D eigenvalue weighted by Gasteiger charge is -2.13. The van der Waals surface area contributed by atoms with E-state index in [2.05, 4.69) is 15.6 Å². The van der Waals surface area contributed by atoms with Gasteiger partial charge in [0, 0.05) is 24.1 Å². The molecule has 2 aromatic rings. The zero-order valence-corrected chi connectivity index (χ0v) is 11.1. The zero-order valence-electron chi connectivity index (χ0n) is 11.1. The van der Waals surface area contributed by atoms with Crippen molar-refractivity contribution in [2.45, 2.75) is 13.0 Å². The number of benzene rings is 1. The van der Waals surface area contributed by atoms with Crippen LogP contribution < -0.4 is 10.6 Å². The number of carbonyl (C=O) groups excluding carboxylic acids is 1. The van der Waals surface area contributed by atoms with Crippen molar-refractivity contribution in [2.75, 3.05) is 11.9 Å². The number of aromatic nitrogens is 1. The Morgan fingerprint density at radius 2 is 2.05 bits per heavy atom. The van der Waals surface area contributed by atoms with E-state index in [4.69, 9.17) is 0 Å². The van der Waals surface area contributed by atoms with Crippen molar-refractivity contribution in [1.29, 1.82) is 0 Å². The van der Waals surface area contributed by atoms with Gasteiger partial charge in [-0.25, -0.2) is 4.39 Å². The lowest BCUT2D eigenvalue weighted by molar-refractivity contribution is -0.115. The second-order valence-electron chi connectivity index (χ2n) is 4.44. The first-order valence-corrected chi connectivity index (χ1v) is 6.34. The molecule has 4 nitrogen and oxygen atoms in total. The lowest BCUT2D eigenvalue weighted by Crippen LogP contribution is -2.30. The molecule has 2 rings (SSSR count). The Balaban J connectivity index is 1.83. The van der Waals surface area contributed by atoms with Gasteiger partial charge < -0.3 is 10.6 Å². The van der Waals surface area contributed by atoms with Crippen LogP contribution in [0.5, 0.6) is 0 Å². The van der Waals surface area contributed by atoms with Gasteiger partial charge in [0.25, 0.3) is 0 Å². The molecule has 0 aliphatic heterocycles. The van der Waals surface area contributed by atoms with Gasteiger partial charge in [-0.3, -0.25) is 9.78 Å². The zero-order chi connectivity index (χ0) is 14.4. The second-order valence-corrected chi connectivity index (χ2v) is 4.44. The fourth-order valence-electron chi connectivity index (χ4n) is 1.79. The Morgan fingerprint density at radius 1 is 1.30 bits per heavy atom. The van der Waals surface area contributed by atoms with Crippen molar-refractivity contribution in [3.8, 4) is 0 Å². The standard InChI is InChI=1S/C15H16FN3O/c1-11(12-5-7-17-8-6-12)18-10-15(20)19-14-4-2-3-13(16)9-14/h2-9,11,18H,10H2,1H3,(H,19,20)/t11-/m0/s1. The van der Waals surface area contributed by atoms with Crippen molar-refractivity contribution in [3.63, 3.8) is 0 Å². The number of rotatable bonds is 5. The van der Waals surface area contributed by atoms with E-state index in [1.807, 2.05) is 19.1 Å². The van der Waals surface area contributed by atoms with Crippen molar-refractivity contribution in [2.24, 2.45) is 0 Å². The third-order valence-corrected chi connectivity index (χ3v) is 2.88. The summed E-state index contributed by atoms with van der Waals surface area (Å²) in [4.78, 5) is 15.7. The van der Waals surface area contributed by atoms with Gasteiger partial charge in [0.05, 0.1) is 6.54 Å². The molecular weight excluding hydrogens is 257 g/mol. The van der Waals surface area contributed by atoms with E-state index in [0.717, 1.165) is 5.56 Å². The van der Waals surface area contributed by atoms with Crippen molar-refractivity contribution >= 4 is 11.6 Å². The number of carbonyl (C=O) groups is 1. The van der Waals surface area contributed by atoms with E-state index < -0.39 is 0 Å². The van der Waals surface area contributed by atoms with E-state index in [1.165, 1.54) is 12.1 Å². The molecule has 0 bridgehead atoms.